The number of carbonyl (C=O) groups excluding carboxylic acids is 3. The summed E-state index contributed by atoms with van der Waals surface area (Å²) in [5.41, 5.74) is 5.53. The highest BCUT2D eigenvalue weighted by atomic mass is 19.1. The molecule has 0 unspecified atom stereocenters. The number of carbonyl (C=O) groups is 3. The highest BCUT2D eigenvalue weighted by molar-refractivity contribution is 5.93. The molecule has 0 aromatic heterocycles. The van der Waals surface area contributed by atoms with Crippen molar-refractivity contribution >= 4 is 17.7 Å². The van der Waals surface area contributed by atoms with Crippen LogP contribution in [0, 0.1) is 5.82 Å². The molecule has 1 aromatic rings. The molecule has 4 N–H and O–H groups in total. The highest BCUT2D eigenvalue weighted by Gasteiger charge is 2.30. The smallest absolute Gasteiger partial charge is 0.243 e. The third-order valence-electron chi connectivity index (χ3n) is 3.35. The summed E-state index contributed by atoms with van der Waals surface area (Å²) in [5, 5.41) is 4.96. The highest BCUT2D eigenvalue weighted by Crippen LogP contribution is 2.11. The van der Waals surface area contributed by atoms with Gasteiger partial charge in [-0.3, -0.25) is 14.4 Å². The Morgan fingerprint density at radius 3 is 2.71 bits per heavy atom. The number of nitrogens with two attached hydrogens (primary N) is 1. The van der Waals surface area contributed by atoms with Crippen molar-refractivity contribution in [2.24, 2.45) is 5.73 Å². The number of rotatable bonds is 5. The molecule has 2 rings (SSSR count). The Morgan fingerprint density at radius 1 is 1.43 bits per heavy atom. The second-order valence-corrected chi connectivity index (χ2v) is 4.92. The number of nitrogens with one attached hydrogen (secondary N) is 2. The van der Waals surface area contributed by atoms with Crippen LogP contribution in [0.3, 0.4) is 0 Å². The summed E-state index contributed by atoms with van der Waals surface area (Å²) >= 11 is 0. The Bertz CT molecular complexity index is 576. The first-order chi connectivity index (χ1) is 9.97. The quantitative estimate of drug-likeness (QED) is 0.689. The van der Waals surface area contributed by atoms with Crippen molar-refractivity contribution in [3.05, 3.63) is 35.6 Å². The lowest BCUT2D eigenvalue weighted by Crippen LogP contribution is -2.51. The van der Waals surface area contributed by atoms with Gasteiger partial charge >= 0.3 is 0 Å². The second-order valence-electron chi connectivity index (χ2n) is 4.92. The molecule has 7 heteroatoms. The van der Waals surface area contributed by atoms with Crippen LogP contribution in [0.5, 0.6) is 0 Å². The third-order valence-corrected chi connectivity index (χ3v) is 3.35. The minimum Gasteiger partial charge on any atom is -0.368 e. The van der Waals surface area contributed by atoms with Crippen LogP contribution in [0.2, 0.25) is 0 Å². The van der Waals surface area contributed by atoms with E-state index in [-0.39, 0.29) is 24.3 Å². The molecule has 0 saturated carbocycles. The number of halogens is 1. The van der Waals surface area contributed by atoms with Gasteiger partial charge < -0.3 is 16.4 Å². The van der Waals surface area contributed by atoms with Gasteiger partial charge in [-0.25, -0.2) is 4.39 Å². The largest absolute Gasteiger partial charge is 0.368 e. The molecule has 1 fully saturated rings. The molecule has 112 valence electrons. The van der Waals surface area contributed by atoms with E-state index in [1.165, 1.54) is 18.2 Å². The SMILES string of the molecule is NC(=O)[C@H](Cc1ccccc1F)NC(=O)[C@@H]1CCC(=O)N1. The predicted molar refractivity (Wildman–Crippen MR) is 72.4 cm³/mol. The van der Waals surface area contributed by atoms with Crippen molar-refractivity contribution < 1.29 is 18.8 Å². The van der Waals surface area contributed by atoms with E-state index in [1.807, 2.05) is 0 Å². The summed E-state index contributed by atoms with van der Waals surface area (Å²) in [6, 6.07) is 4.27. The van der Waals surface area contributed by atoms with Crippen LogP contribution in [0.4, 0.5) is 4.39 Å². The molecule has 21 heavy (non-hydrogen) atoms. The van der Waals surface area contributed by atoms with Crippen molar-refractivity contribution in [2.75, 3.05) is 0 Å². The van der Waals surface area contributed by atoms with Crippen LogP contribution < -0.4 is 16.4 Å². The van der Waals surface area contributed by atoms with Gasteiger partial charge in [-0.05, 0) is 18.1 Å². The minimum atomic E-state index is -1.02. The van der Waals surface area contributed by atoms with Crippen molar-refractivity contribution in [3.63, 3.8) is 0 Å². The summed E-state index contributed by atoms with van der Waals surface area (Å²) in [7, 11) is 0. The summed E-state index contributed by atoms with van der Waals surface area (Å²) < 4.78 is 13.6. The molecule has 0 spiro atoms. The Labute approximate surface area is 120 Å². The van der Waals surface area contributed by atoms with Crippen molar-refractivity contribution in [3.8, 4) is 0 Å². The Kier molecular flexibility index (Phi) is 4.52. The summed E-state index contributed by atoms with van der Waals surface area (Å²) in [6.07, 6.45) is 0.608. The lowest BCUT2D eigenvalue weighted by atomic mass is 10.0. The Balaban J connectivity index is 2.03. The number of hydrogen-bond donors (Lipinski definition) is 3. The van der Waals surface area contributed by atoms with E-state index in [2.05, 4.69) is 10.6 Å². The van der Waals surface area contributed by atoms with Crippen LogP contribution >= 0.6 is 0 Å². The number of amides is 3. The first-order valence-electron chi connectivity index (χ1n) is 6.60. The van der Waals surface area contributed by atoms with Gasteiger partial charge in [0.2, 0.25) is 17.7 Å². The van der Waals surface area contributed by atoms with Gasteiger partial charge in [-0.1, -0.05) is 18.2 Å². The normalized spacial score (nSPS) is 18.9. The van der Waals surface area contributed by atoms with Crippen LogP contribution in [0.15, 0.2) is 24.3 Å². The summed E-state index contributed by atoms with van der Waals surface area (Å²) in [5.74, 6) is -1.91. The molecule has 1 aliphatic heterocycles. The van der Waals surface area contributed by atoms with Gasteiger partial charge in [-0.2, -0.15) is 0 Å². The fourth-order valence-corrected chi connectivity index (χ4v) is 2.19. The zero-order chi connectivity index (χ0) is 15.4. The van der Waals surface area contributed by atoms with E-state index in [1.54, 1.807) is 6.07 Å². The third kappa shape index (κ3) is 3.77. The molecule has 0 aliphatic carbocycles. The fourth-order valence-electron chi connectivity index (χ4n) is 2.19. The summed E-state index contributed by atoms with van der Waals surface area (Å²) in [4.78, 5) is 34.5. The Hall–Kier alpha value is -2.44. The molecule has 1 aromatic carbocycles. The van der Waals surface area contributed by atoms with E-state index >= 15 is 0 Å². The number of benzene rings is 1. The zero-order valence-electron chi connectivity index (χ0n) is 11.3. The maximum atomic E-state index is 13.6. The molecule has 2 atom stereocenters. The standard InChI is InChI=1S/C14H16FN3O3/c15-9-4-2-1-3-8(9)7-11(13(16)20)18-14(21)10-5-6-12(19)17-10/h1-4,10-11H,5-7H2,(H2,16,20)(H,17,19)(H,18,21)/t10-,11-/m0/s1. The monoisotopic (exact) mass is 293 g/mol. The van der Waals surface area contributed by atoms with Gasteiger partial charge in [0.15, 0.2) is 0 Å². The first-order valence-corrected chi connectivity index (χ1v) is 6.60. The summed E-state index contributed by atoms with van der Waals surface area (Å²) in [6.45, 7) is 0. The lowest BCUT2D eigenvalue weighted by Gasteiger charge is -2.18. The second kappa shape index (κ2) is 6.34. The van der Waals surface area contributed by atoms with Crippen molar-refractivity contribution in [1.82, 2.24) is 10.6 Å². The predicted octanol–water partition coefficient (Wildman–Crippen LogP) is -0.383. The van der Waals surface area contributed by atoms with Gasteiger partial charge in [0.1, 0.15) is 17.9 Å². The van der Waals surface area contributed by atoms with Gasteiger partial charge in [0, 0.05) is 12.8 Å². The molecule has 1 heterocycles. The zero-order valence-corrected chi connectivity index (χ0v) is 11.3. The number of hydrogen-bond acceptors (Lipinski definition) is 3. The Morgan fingerprint density at radius 2 is 2.14 bits per heavy atom. The maximum Gasteiger partial charge on any atom is 0.243 e. The minimum absolute atomic E-state index is 0.0333. The molecule has 3 amide bonds. The average Bonchev–Trinajstić information content (AvgIpc) is 2.87. The fraction of sp³-hybridized carbons (Fsp3) is 0.357. The van der Waals surface area contributed by atoms with E-state index < -0.39 is 29.7 Å². The van der Waals surface area contributed by atoms with Crippen molar-refractivity contribution in [2.45, 2.75) is 31.3 Å². The van der Waals surface area contributed by atoms with E-state index in [9.17, 15) is 18.8 Å². The molecule has 1 aliphatic rings. The molecular formula is C14H16FN3O3. The van der Waals surface area contributed by atoms with Gasteiger partial charge in [0.05, 0.1) is 0 Å². The van der Waals surface area contributed by atoms with Gasteiger partial charge in [-0.15, -0.1) is 0 Å². The van der Waals surface area contributed by atoms with Crippen molar-refractivity contribution in [1.29, 1.82) is 0 Å². The first kappa shape index (κ1) is 15.0. The number of primary amides is 1. The van der Waals surface area contributed by atoms with E-state index in [4.69, 9.17) is 5.73 Å². The van der Waals surface area contributed by atoms with E-state index in [0.29, 0.717) is 6.42 Å². The molecule has 0 radical (unpaired) electrons. The van der Waals surface area contributed by atoms with Gasteiger partial charge in [0.25, 0.3) is 0 Å². The van der Waals surface area contributed by atoms with Crippen LogP contribution in [0.1, 0.15) is 18.4 Å². The molecule has 0 bridgehead atoms. The van der Waals surface area contributed by atoms with Crippen LogP contribution in [-0.2, 0) is 20.8 Å². The molecule has 1 saturated heterocycles. The lowest BCUT2D eigenvalue weighted by molar-refractivity contribution is -0.129. The topological polar surface area (TPSA) is 101 Å². The average molecular weight is 293 g/mol. The molecule has 6 nitrogen and oxygen atoms in total. The maximum absolute atomic E-state index is 13.6. The van der Waals surface area contributed by atoms with Crippen LogP contribution in [-0.4, -0.2) is 29.8 Å². The molecular weight excluding hydrogens is 277 g/mol. The van der Waals surface area contributed by atoms with Crippen LogP contribution in [0.25, 0.3) is 0 Å². The van der Waals surface area contributed by atoms with E-state index in [0.717, 1.165) is 0 Å².